The van der Waals surface area contributed by atoms with Gasteiger partial charge >= 0.3 is 0 Å². The Hall–Kier alpha value is -1.88. The maximum atomic E-state index is 12.2. The Morgan fingerprint density at radius 1 is 1.28 bits per heavy atom. The van der Waals surface area contributed by atoms with E-state index in [9.17, 15) is 4.79 Å². The molecule has 0 spiro atoms. The first-order valence-corrected chi connectivity index (χ1v) is 9.78. The molecule has 0 saturated carbocycles. The van der Waals surface area contributed by atoms with Crippen molar-refractivity contribution in [2.75, 3.05) is 12.3 Å². The number of hydrogen-bond donors (Lipinski definition) is 1. The zero-order valence-electron chi connectivity index (χ0n) is 15.4. The summed E-state index contributed by atoms with van der Waals surface area (Å²) in [6.07, 6.45) is 1.15. The van der Waals surface area contributed by atoms with Gasteiger partial charge in [0.05, 0.1) is 12.0 Å². The van der Waals surface area contributed by atoms with Crippen LogP contribution in [0.4, 0.5) is 0 Å². The number of carbonyl (C=O) groups excluding carboxylic acids is 1. The normalized spacial score (nSPS) is 12.2. The summed E-state index contributed by atoms with van der Waals surface area (Å²) < 4.78 is 11.2. The molecular weight excluding hydrogens is 334 g/mol. The molecule has 0 bridgehead atoms. The molecule has 0 aliphatic carbocycles. The van der Waals surface area contributed by atoms with Crippen molar-refractivity contribution < 1.29 is 13.9 Å². The van der Waals surface area contributed by atoms with Gasteiger partial charge in [-0.15, -0.1) is 0 Å². The van der Waals surface area contributed by atoms with Gasteiger partial charge in [-0.25, -0.2) is 0 Å². The van der Waals surface area contributed by atoms with Crippen molar-refractivity contribution in [2.45, 2.75) is 45.5 Å². The number of furan rings is 1. The maximum absolute atomic E-state index is 12.2. The van der Waals surface area contributed by atoms with Gasteiger partial charge in [-0.2, -0.15) is 11.8 Å². The molecule has 0 unspecified atom stereocenters. The molecular formula is C20H27NO3S. The van der Waals surface area contributed by atoms with E-state index in [0.717, 1.165) is 34.1 Å². The molecule has 1 amide bonds. The van der Waals surface area contributed by atoms with Crippen LogP contribution in [0.3, 0.4) is 0 Å². The second-order valence-corrected chi connectivity index (χ2v) is 7.48. The lowest BCUT2D eigenvalue weighted by Gasteiger charge is -2.19. The first-order valence-electron chi connectivity index (χ1n) is 8.62. The highest BCUT2D eigenvalue weighted by molar-refractivity contribution is 7.98. The number of aryl methyl sites for hydroxylation is 1. The molecule has 5 heteroatoms. The van der Waals surface area contributed by atoms with Crippen molar-refractivity contribution >= 4 is 17.7 Å². The van der Waals surface area contributed by atoms with Crippen LogP contribution in [0.1, 0.15) is 43.6 Å². The Labute approximate surface area is 154 Å². The molecule has 1 heterocycles. The first-order chi connectivity index (χ1) is 12.0. The molecule has 1 aromatic carbocycles. The van der Waals surface area contributed by atoms with Crippen LogP contribution < -0.4 is 10.1 Å². The number of ether oxygens (including phenoxy) is 1. The Bertz CT molecular complexity index is 668. The van der Waals surface area contributed by atoms with Crippen molar-refractivity contribution in [3.63, 3.8) is 0 Å². The van der Waals surface area contributed by atoms with Crippen molar-refractivity contribution in [1.29, 1.82) is 0 Å². The average molecular weight is 362 g/mol. The number of nitrogens with one attached hydrogen (secondary N) is 1. The summed E-state index contributed by atoms with van der Waals surface area (Å²) >= 11 is 1.73. The minimum absolute atomic E-state index is 0.0881. The summed E-state index contributed by atoms with van der Waals surface area (Å²) in [5.41, 5.74) is 2.25. The molecule has 0 aliphatic rings. The molecule has 0 saturated heterocycles. The fourth-order valence-electron chi connectivity index (χ4n) is 2.42. The summed E-state index contributed by atoms with van der Waals surface area (Å²) in [5.74, 6) is 3.66. The molecule has 4 nitrogen and oxygen atoms in total. The number of carbonyl (C=O) groups is 1. The van der Waals surface area contributed by atoms with Crippen LogP contribution in [-0.4, -0.2) is 24.3 Å². The van der Waals surface area contributed by atoms with Gasteiger partial charge in [0.1, 0.15) is 11.5 Å². The molecule has 0 aliphatic heterocycles. The van der Waals surface area contributed by atoms with Gasteiger partial charge in [0.15, 0.2) is 6.10 Å². The molecule has 25 heavy (non-hydrogen) atoms. The fourth-order valence-corrected chi connectivity index (χ4v) is 3.18. The first kappa shape index (κ1) is 19.4. The minimum atomic E-state index is -0.519. The Kier molecular flexibility index (Phi) is 7.44. The van der Waals surface area contributed by atoms with Gasteiger partial charge in [0, 0.05) is 12.3 Å². The van der Waals surface area contributed by atoms with Gasteiger partial charge < -0.3 is 14.5 Å². The number of rotatable bonds is 9. The standard InChI is InChI=1S/C20H27NO3S/c1-14(2)18-8-7-15(3)12-19(18)24-16(4)20(22)21-9-11-25-13-17-6-5-10-23-17/h5-8,10,12,14,16H,9,11,13H2,1-4H3,(H,21,22)/t16-/m1/s1. The Balaban J connectivity index is 1.77. The van der Waals surface area contributed by atoms with E-state index in [1.165, 1.54) is 0 Å². The van der Waals surface area contributed by atoms with Crippen LogP contribution >= 0.6 is 11.8 Å². The zero-order chi connectivity index (χ0) is 18.2. The van der Waals surface area contributed by atoms with Crippen LogP contribution in [-0.2, 0) is 10.5 Å². The van der Waals surface area contributed by atoms with Crippen molar-refractivity contribution in [3.8, 4) is 5.75 Å². The largest absolute Gasteiger partial charge is 0.481 e. The minimum Gasteiger partial charge on any atom is -0.481 e. The van der Waals surface area contributed by atoms with E-state index in [4.69, 9.17) is 9.15 Å². The molecule has 0 fully saturated rings. The van der Waals surface area contributed by atoms with E-state index in [0.29, 0.717) is 12.5 Å². The van der Waals surface area contributed by atoms with E-state index >= 15 is 0 Å². The second-order valence-electron chi connectivity index (χ2n) is 6.38. The number of thioether (sulfide) groups is 1. The fraction of sp³-hybridized carbons (Fsp3) is 0.450. The number of amides is 1. The summed E-state index contributed by atoms with van der Waals surface area (Å²) in [7, 11) is 0. The highest BCUT2D eigenvalue weighted by atomic mass is 32.2. The van der Waals surface area contributed by atoms with Gasteiger partial charge in [0.2, 0.25) is 0 Å². The van der Waals surface area contributed by atoms with Crippen LogP contribution in [0.25, 0.3) is 0 Å². The third kappa shape index (κ3) is 6.16. The topological polar surface area (TPSA) is 51.5 Å². The van der Waals surface area contributed by atoms with Crippen LogP contribution in [0.2, 0.25) is 0 Å². The summed E-state index contributed by atoms with van der Waals surface area (Å²) in [4.78, 5) is 12.2. The van der Waals surface area contributed by atoms with Gasteiger partial charge in [-0.05, 0) is 49.1 Å². The number of benzene rings is 1. The summed E-state index contributed by atoms with van der Waals surface area (Å²) in [6, 6.07) is 9.98. The molecule has 1 aromatic heterocycles. The quantitative estimate of drug-likeness (QED) is 0.667. The molecule has 1 atom stereocenters. The zero-order valence-corrected chi connectivity index (χ0v) is 16.2. The molecule has 2 rings (SSSR count). The number of hydrogen-bond acceptors (Lipinski definition) is 4. The van der Waals surface area contributed by atoms with E-state index < -0.39 is 6.10 Å². The second kappa shape index (κ2) is 9.56. The maximum Gasteiger partial charge on any atom is 0.260 e. The lowest BCUT2D eigenvalue weighted by atomic mass is 10.0. The third-order valence-corrected chi connectivity index (χ3v) is 4.82. The predicted molar refractivity (Wildman–Crippen MR) is 103 cm³/mol. The van der Waals surface area contributed by atoms with E-state index in [-0.39, 0.29) is 5.91 Å². The van der Waals surface area contributed by atoms with Crippen molar-refractivity contribution in [1.82, 2.24) is 5.32 Å². The van der Waals surface area contributed by atoms with Gasteiger partial charge in [-0.1, -0.05) is 26.0 Å². The van der Waals surface area contributed by atoms with Crippen LogP contribution in [0, 0.1) is 6.92 Å². The highest BCUT2D eigenvalue weighted by Gasteiger charge is 2.17. The predicted octanol–water partition coefficient (Wildman–Crippen LogP) is 4.53. The molecule has 0 radical (unpaired) electrons. The van der Waals surface area contributed by atoms with E-state index in [1.807, 2.05) is 25.1 Å². The van der Waals surface area contributed by atoms with Gasteiger partial charge in [-0.3, -0.25) is 4.79 Å². The summed E-state index contributed by atoms with van der Waals surface area (Å²) in [6.45, 7) is 8.68. The van der Waals surface area contributed by atoms with Crippen molar-refractivity contribution in [3.05, 3.63) is 53.5 Å². The lowest BCUT2D eigenvalue weighted by molar-refractivity contribution is -0.127. The molecule has 136 valence electrons. The van der Waals surface area contributed by atoms with Crippen LogP contribution in [0.15, 0.2) is 41.0 Å². The van der Waals surface area contributed by atoms with E-state index in [1.54, 1.807) is 24.9 Å². The smallest absolute Gasteiger partial charge is 0.260 e. The lowest BCUT2D eigenvalue weighted by Crippen LogP contribution is -2.37. The Morgan fingerprint density at radius 2 is 2.08 bits per heavy atom. The Morgan fingerprint density at radius 3 is 2.76 bits per heavy atom. The molecule has 2 aromatic rings. The van der Waals surface area contributed by atoms with Crippen molar-refractivity contribution in [2.24, 2.45) is 0 Å². The SMILES string of the molecule is Cc1ccc(C(C)C)c(O[C@H](C)C(=O)NCCSCc2ccco2)c1. The van der Waals surface area contributed by atoms with Crippen LogP contribution in [0.5, 0.6) is 5.75 Å². The van der Waals surface area contributed by atoms with Gasteiger partial charge in [0.25, 0.3) is 5.91 Å². The third-order valence-electron chi connectivity index (χ3n) is 3.83. The monoisotopic (exact) mass is 361 g/mol. The highest BCUT2D eigenvalue weighted by Crippen LogP contribution is 2.28. The molecule has 1 N–H and O–H groups in total. The average Bonchev–Trinajstić information content (AvgIpc) is 3.07. The van der Waals surface area contributed by atoms with E-state index in [2.05, 4.69) is 31.3 Å². The summed E-state index contributed by atoms with van der Waals surface area (Å²) in [5, 5.41) is 2.93.